The summed E-state index contributed by atoms with van der Waals surface area (Å²) in [6.45, 7) is 2.54. The average Bonchev–Trinajstić information content (AvgIpc) is 3.22. The molecule has 0 spiro atoms. The number of nitrogens with two attached hydrogens (primary N) is 1. The van der Waals surface area contributed by atoms with Crippen LogP contribution in [-0.2, 0) is 10.9 Å². The van der Waals surface area contributed by atoms with E-state index in [4.69, 9.17) is 10.5 Å². The highest BCUT2D eigenvalue weighted by Crippen LogP contribution is 2.51. The number of alkyl halides is 3. The first kappa shape index (κ1) is 19.7. The highest BCUT2D eigenvalue weighted by Gasteiger charge is 2.59. The lowest BCUT2D eigenvalue weighted by Crippen LogP contribution is -2.39. The van der Waals surface area contributed by atoms with E-state index in [1.807, 2.05) is 6.07 Å². The predicted octanol–water partition coefficient (Wildman–Crippen LogP) is 3.14. The number of rotatable bonds is 4. The van der Waals surface area contributed by atoms with Crippen molar-refractivity contribution in [3.8, 4) is 11.3 Å². The highest BCUT2D eigenvalue weighted by atomic mass is 19.4. The van der Waals surface area contributed by atoms with Gasteiger partial charge in [-0.15, -0.1) is 10.2 Å². The summed E-state index contributed by atoms with van der Waals surface area (Å²) in [4.78, 5) is 5.82. The smallest absolute Gasteiger partial charge is 0.381 e. The van der Waals surface area contributed by atoms with E-state index in [1.165, 1.54) is 12.3 Å². The van der Waals surface area contributed by atoms with Gasteiger partial charge in [0, 0.05) is 49.5 Å². The summed E-state index contributed by atoms with van der Waals surface area (Å²) < 4.78 is 43.6. The number of nitrogens with zero attached hydrogens (tertiary/aromatic N) is 4. The summed E-state index contributed by atoms with van der Waals surface area (Å²) in [7, 11) is 0. The maximum Gasteiger partial charge on any atom is 0.433 e. The van der Waals surface area contributed by atoms with Crippen molar-refractivity contribution in [3.05, 3.63) is 36.2 Å². The Morgan fingerprint density at radius 1 is 1.10 bits per heavy atom. The minimum absolute atomic E-state index is 0.275. The second-order valence-corrected chi connectivity index (χ2v) is 8.54. The van der Waals surface area contributed by atoms with Crippen LogP contribution in [0.2, 0.25) is 0 Å². The highest BCUT2D eigenvalue weighted by molar-refractivity contribution is 5.59. The van der Waals surface area contributed by atoms with E-state index in [-0.39, 0.29) is 6.04 Å². The lowest BCUT2D eigenvalue weighted by molar-refractivity contribution is -0.141. The van der Waals surface area contributed by atoms with E-state index in [0.29, 0.717) is 35.1 Å². The van der Waals surface area contributed by atoms with Gasteiger partial charge in [0.1, 0.15) is 5.69 Å². The molecule has 160 valence electrons. The number of hydrogen-bond acceptors (Lipinski definition) is 6. The van der Waals surface area contributed by atoms with Gasteiger partial charge < -0.3 is 15.4 Å². The first-order chi connectivity index (χ1) is 14.4. The van der Waals surface area contributed by atoms with Crippen LogP contribution >= 0.6 is 0 Å². The number of hydrogen-bond donors (Lipinski definition) is 1. The summed E-state index contributed by atoms with van der Waals surface area (Å²) in [6.07, 6.45) is -0.00894. The van der Waals surface area contributed by atoms with Crippen LogP contribution in [0.1, 0.15) is 25.0 Å². The number of anilines is 1. The molecule has 4 atom stereocenters. The summed E-state index contributed by atoms with van der Waals surface area (Å²) in [5.74, 6) is 2.46. The number of fused-ring (bicyclic) bond motifs is 1. The molecule has 1 saturated carbocycles. The number of piperidine rings is 1. The normalized spacial score (nSPS) is 29.1. The maximum atomic E-state index is 12.7. The van der Waals surface area contributed by atoms with Crippen LogP contribution in [0, 0.1) is 17.8 Å². The third-order valence-corrected chi connectivity index (χ3v) is 6.75. The van der Waals surface area contributed by atoms with E-state index in [9.17, 15) is 13.2 Å². The van der Waals surface area contributed by atoms with Crippen LogP contribution in [0.25, 0.3) is 11.3 Å². The Morgan fingerprint density at radius 3 is 2.53 bits per heavy atom. The predicted molar refractivity (Wildman–Crippen MR) is 105 cm³/mol. The van der Waals surface area contributed by atoms with Gasteiger partial charge in [0.25, 0.3) is 0 Å². The second-order valence-electron chi connectivity index (χ2n) is 8.54. The molecule has 0 aromatic carbocycles. The Labute approximate surface area is 172 Å². The fraction of sp³-hybridized carbons (Fsp3) is 0.571. The Bertz CT molecular complexity index is 883. The molecular weight excluding hydrogens is 395 g/mol. The van der Waals surface area contributed by atoms with Crippen LogP contribution in [0.5, 0.6) is 0 Å². The summed E-state index contributed by atoms with van der Waals surface area (Å²) in [5.41, 5.74) is 6.37. The molecule has 2 aliphatic heterocycles. The molecule has 5 rings (SSSR count). The summed E-state index contributed by atoms with van der Waals surface area (Å²) >= 11 is 0. The summed E-state index contributed by atoms with van der Waals surface area (Å²) in [6, 6.07) is 6.66. The van der Waals surface area contributed by atoms with Gasteiger partial charge in [-0.2, -0.15) is 13.2 Å². The third kappa shape index (κ3) is 3.65. The first-order valence-corrected chi connectivity index (χ1v) is 10.4. The van der Waals surface area contributed by atoms with Crippen molar-refractivity contribution in [1.82, 2.24) is 15.2 Å². The molecule has 0 bridgehead atoms. The molecule has 4 unspecified atom stereocenters. The molecule has 9 heteroatoms. The Balaban J connectivity index is 1.32. The Morgan fingerprint density at radius 2 is 1.90 bits per heavy atom. The zero-order valence-corrected chi connectivity index (χ0v) is 16.4. The molecule has 2 aromatic rings. The fourth-order valence-electron chi connectivity index (χ4n) is 5.00. The molecule has 4 heterocycles. The van der Waals surface area contributed by atoms with Crippen molar-refractivity contribution in [3.63, 3.8) is 0 Å². The maximum absolute atomic E-state index is 12.7. The number of ether oxygens (including phenoxy) is 1. The van der Waals surface area contributed by atoms with E-state index < -0.39 is 11.9 Å². The van der Waals surface area contributed by atoms with Crippen LogP contribution in [0.15, 0.2) is 30.5 Å². The average molecular weight is 419 g/mol. The van der Waals surface area contributed by atoms with E-state index >= 15 is 0 Å². The van der Waals surface area contributed by atoms with Gasteiger partial charge in [-0.3, -0.25) is 4.98 Å². The fourth-order valence-corrected chi connectivity index (χ4v) is 5.00. The van der Waals surface area contributed by atoms with Gasteiger partial charge in [0.15, 0.2) is 5.82 Å². The molecule has 1 aliphatic carbocycles. The van der Waals surface area contributed by atoms with Crippen LogP contribution in [0.4, 0.5) is 19.0 Å². The lowest BCUT2D eigenvalue weighted by Gasteiger charge is -2.33. The Hall–Kier alpha value is -2.26. The van der Waals surface area contributed by atoms with Gasteiger partial charge in [-0.1, -0.05) is 0 Å². The minimum atomic E-state index is -4.45. The van der Waals surface area contributed by atoms with E-state index in [2.05, 4.69) is 20.1 Å². The SMILES string of the molecule is NC1C2CN(c3ccc(-c4ccc(C(F)(F)F)nc4)nn3)C(CC3CCOCC3)C12. The topological polar surface area (TPSA) is 77.2 Å². The van der Waals surface area contributed by atoms with Crippen molar-refractivity contribution < 1.29 is 17.9 Å². The van der Waals surface area contributed by atoms with Crippen molar-refractivity contribution >= 4 is 5.82 Å². The van der Waals surface area contributed by atoms with Gasteiger partial charge in [-0.25, -0.2) is 0 Å². The molecule has 30 heavy (non-hydrogen) atoms. The van der Waals surface area contributed by atoms with E-state index in [1.54, 1.807) is 6.07 Å². The van der Waals surface area contributed by atoms with Crippen LogP contribution < -0.4 is 10.6 Å². The third-order valence-electron chi connectivity index (χ3n) is 6.75. The van der Waals surface area contributed by atoms with Crippen molar-refractivity contribution in [1.29, 1.82) is 0 Å². The molecular formula is C21H24F3N5O. The Kier molecular flexibility index (Phi) is 4.89. The quantitative estimate of drug-likeness (QED) is 0.821. The van der Waals surface area contributed by atoms with Crippen molar-refractivity contribution in [2.24, 2.45) is 23.5 Å². The monoisotopic (exact) mass is 419 g/mol. The summed E-state index contributed by atoms with van der Waals surface area (Å²) in [5, 5.41) is 8.65. The zero-order chi connectivity index (χ0) is 20.9. The number of pyridine rings is 1. The second kappa shape index (κ2) is 7.46. The van der Waals surface area contributed by atoms with Crippen molar-refractivity contribution in [2.45, 2.75) is 37.5 Å². The largest absolute Gasteiger partial charge is 0.433 e. The van der Waals surface area contributed by atoms with Gasteiger partial charge in [0.2, 0.25) is 0 Å². The van der Waals surface area contributed by atoms with E-state index in [0.717, 1.165) is 50.9 Å². The standard InChI is InChI=1S/C21H24F3N5O/c22-21(23,24)17-3-1-13(10-26-17)15-2-4-18(28-27-15)29-11-14-19(20(14)25)16(29)9-12-5-7-30-8-6-12/h1-4,10,12,14,16,19-20H,5-9,11,25H2. The molecule has 2 saturated heterocycles. The van der Waals surface area contributed by atoms with Crippen LogP contribution in [0.3, 0.4) is 0 Å². The first-order valence-electron chi connectivity index (χ1n) is 10.4. The van der Waals surface area contributed by atoms with Gasteiger partial charge in [-0.05, 0) is 55.4 Å². The van der Waals surface area contributed by atoms with Gasteiger partial charge in [0.05, 0.1) is 5.69 Å². The molecule has 2 N–H and O–H groups in total. The van der Waals surface area contributed by atoms with Crippen molar-refractivity contribution in [2.75, 3.05) is 24.7 Å². The number of aromatic nitrogens is 3. The van der Waals surface area contributed by atoms with Gasteiger partial charge >= 0.3 is 6.18 Å². The zero-order valence-electron chi connectivity index (χ0n) is 16.4. The molecule has 3 fully saturated rings. The molecule has 2 aromatic heterocycles. The molecule has 6 nitrogen and oxygen atoms in total. The molecule has 0 radical (unpaired) electrons. The molecule has 0 amide bonds. The lowest BCUT2D eigenvalue weighted by atomic mass is 9.90. The van der Waals surface area contributed by atoms with Crippen LogP contribution in [-0.4, -0.2) is 47.0 Å². The molecule has 3 aliphatic rings. The number of halogens is 3. The minimum Gasteiger partial charge on any atom is -0.381 e.